The number of amides is 1. The highest BCUT2D eigenvalue weighted by atomic mass is 16.5. The summed E-state index contributed by atoms with van der Waals surface area (Å²) in [6.07, 6.45) is 1.73. The fourth-order valence-corrected chi connectivity index (χ4v) is 0.875. The van der Waals surface area contributed by atoms with Gasteiger partial charge in [-0.25, -0.2) is 0 Å². The molecule has 0 saturated heterocycles. The summed E-state index contributed by atoms with van der Waals surface area (Å²) in [6, 6.07) is 0. The molecule has 3 heteroatoms. The summed E-state index contributed by atoms with van der Waals surface area (Å²) in [6.45, 7) is 4.68. The molecule has 0 aromatic rings. The van der Waals surface area contributed by atoms with Crippen LogP contribution in [0.4, 0.5) is 0 Å². The van der Waals surface area contributed by atoms with Crippen LogP contribution in [0.3, 0.4) is 0 Å². The zero-order valence-electron chi connectivity index (χ0n) is 6.26. The number of hydrogen-bond donors (Lipinski definition) is 0. The molecule has 0 aromatic heterocycles. The van der Waals surface area contributed by atoms with Gasteiger partial charge in [-0.2, -0.15) is 0 Å². The maximum atomic E-state index is 10.8. The van der Waals surface area contributed by atoms with E-state index in [1.807, 2.05) is 6.92 Å². The molecule has 1 aliphatic rings. The third-order valence-electron chi connectivity index (χ3n) is 1.40. The number of rotatable bonds is 0. The summed E-state index contributed by atoms with van der Waals surface area (Å²) < 4.78 is 5.13. The lowest BCUT2D eigenvalue weighted by Crippen LogP contribution is -2.30. The van der Waals surface area contributed by atoms with Gasteiger partial charge in [-0.1, -0.05) is 0 Å². The first-order valence-corrected chi connectivity index (χ1v) is 3.28. The van der Waals surface area contributed by atoms with Gasteiger partial charge < -0.3 is 9.64 Å². The molecule has 1 amide bonds. The highest BCUT2D eigenvalue weighted by Gasteiger charge is 2.10. The predicted molar refractivity (Wildman–Crippen MR) is 37.1 cm³/mol. The van der Waals surface area contributed by atoms with Crippen LogP contribution in [0.1, 0.15) is 13.8 Å². The summed E-state index contributed by atoms with van der Waals surface area (Å²) in [7, 11) is 0. The molecule has 3 nitrogen and oxygen atoms in total. The van der Waals surface area contributed by atoms with Crippen molar-refractivity contribution in [3.05, 3.63) is 12.0 Å². The standard InChI is InChI=1S/C7H11NO2/c1-6-5-8(7(2)9)3-4-10-6/h5H,3-4H2,1-2H3. The van der Waals surface area contributed by atoms with Crippen molar-refractivity contribution < 1.29 is 9.53 Å². The lowest BCUT2D eigenvalue weighted by atomic mass is 10.4. The molecule has 0 N–H and O–H groups in total. The Morgan fingerprint density at radius 2 is 2.50 bits per heavy atom. The fourth-order valence-electron chi connectivity index (χ4n) is 0.875. The van der Waals surface area contributed by atoms with Gasteiger partial charge in [-0.3, -0.25) is 4.79 Å². The second-order valence-electron chi connectivity index (χ2n) is 2.30. The van der Waals surface area contributed by atoms with Gasteiger partial charge >= 0.3 is 0 Å². The zero-order valence-corrected chi connectivity index (χ0v) is 6.26. The number of ether oxygens (including phenoxy) is 1. The second-order valence-corrected chi connectivity index (χ2v) is 2.30. The van der Waals surface area contributed by atoms with Crippen molar-refractivity contribution in [2.24, 2.45) is 0 Å². The van der Waals surface area contributed by atoms with Gasteiger partial charge in [0, 0.05) is 13.1 Å². The van der Waals surface area contributed by atoms with E-state index in [-0.39, 0.29) is 5.91 Å². The van der Waals surface area contributed by atoms with Crippen LogP contribution in [0.25, 0.3) is 0 Å². The van der Waals surface area contributed by atoms with Gasteiger partial charge in [0.25, 0.3) is 0 Å². The molecule has 1 heterocycles. The van der Waals surface area contributed by atoms with Crippen molar-refractivity contribution in [1.82, 2.24) is 4.90 Å². The molecule has 10 heavy (non-hydrogen) atoms. The Labute approximate surface area is 60.3 Å². The third kappa shape index (κ3) is 1.50. The summed E-state index contributed by atoms with van der Waals surface area (Å²) in [4.78, 5) is 12.4. The van der Waals surface area contributed by atoms with Gasteiger partial charge in [-0.05, 0) is 6.92 Å². The first-order chi connectivity index (χ1) is 4.70. The van der Waals surface area contributed by atoms with Crippen LogP contribution in [-0.4, -0.2) is 24.0 Å². The van der Waals surface area contributed by atoms with Crippen molar-refractivity contribution in [1.29, 1.82) is 0 Å². The minimum atomic E-state index is 0.0719. The largest absolute Gasteiger partial charge is 0.495 e. The molecule has 0 aliphatic carbocycles. The molecular weight excluding hydrogens is 130 g/mol. The van der Waals surface area contributed by atoms with E-state index in [0.29, 0.717) is 13.2 Å². The number of nitrogens with zero attached hydrogens (tertiary/aromatic N) is 1. The lowest BCUT2D eigenvalue weighted by molar-refractivity contribution is -0.127. The Kier molecular flexibility index (Phi) is 1.94. The molecule has 0 atom stereocenters. The molecule has 56 valence electrons. The van der Waals surface area contributed by atoms with E-state index in [0.717, 1.165) is 5.76 Å². The Bertz CT molecular complexity index is 174. The summed E-state index contributed by atoms with van der Waals surface area (Å²) in [5.41, 5.74) is 0. The van der Waals surface area contributed by atoms with E-state index in [1.165, 1.54) is 0 Å². The van der Waals surface area contributed by atoms with Crippen molar-refractivity contribution in [2.45, 2.75) is 13.8 Å². The van der Waals surface area contributed by atoms with E-state index < -0.39 is 0 Å². The Morgan fingerprint density at radius 1 is 1.80 bits per heavy atom. The van der Waals surface area contributed by atoms with Gasteiger partial charge in [0.15, 0.2) is 0 Å². The molecule has 0 aromatic carbocycles. The SMILES string of the molecule is CC(=O)N1C=C(C)OCC1. The molecule has 0 radical (unpaired) electrons. The van der Waals surface area contributed by atoms with Crippen LogP contribution in [0.5, 0.6) is 0 Å². The molecule has 0 fully saturated rings. The van der Waals surface area contributed by atoms with Crippen LogP contribution < -0.4 is 0 Å². The highest BCUT2D eigenvalue weighted by molar-refractivity contribution is 5.74. The molecular formula is C7H11NO2. The fraction of sp³-hybridized carbons (Fsp3) is 0.571. The van der Waals surface area contributed by atoms with Gasteiger partial charge in [0.2, 0.25) is 5.91 Å². The predicted octanol–water partition coefficient (Wildman–Crippen LogP) is 0.726. The maximum Gasteiger partial charge on any atom is 0.223 e. The Hall–Kier alpha value is -0.990. The summed E-state index contributed by atoms with van der Waals surface area (Å²) >= 11 is 0. The van der Waals surface area contributed by atoms with Crippen LogP contribution in [-0.2, 0) is 9.53 Å². The maximum absolute atomic E-state index is 10.8. The first-order valence-electron chi connectivity index (χ1n) is 3.28. The Morgan fingerprint density at radius 3 is 2.90 bits per heavy atom. The monoisotopic (exact) mass is 141 g/mol. The van der Waals surface area contributed by atoms with Crippen LogP contribution in [0, 0.1) is 0 Å². The third-order valence-corrected chi connectivity index (χ3v) is 1.40. The second kappa shape index (κ2) is 2.73. The van der Waals surface area contributed by atoms with E-state index in [9.17, 15) is 4.79 Å². The van der Waals surface area contributed by atoms with Crippen molar-refractivity contribution in [3.8, 4) is 0 Å². The van der Waals surface area contributed by atoms with Crippen molar-refractivity contribution >= 4 is 5.91 Å². The average Bonchev–Trinajstić information content (AvgIpc) is 1.88. The molecule has 1 aliphatic heterocycles. The number of allylic oxidation sites excluding steroid dienone is 1. The van der Waals surface area contributed by atoms with Gasteiger partial charge in [0.05, 0.1) is 6.54 Å². The van der Waals surface area contributed by atoms with E-state index in [4.69, 9.17) is 4.74 Å². The van der Waals surface area contributed by atoms with Crippen molar-refractivity contribution in [3.63, 3.8) is 0 Å². The topological polar surface area (TPSA) is 29.5 Å². The lowest BCUT2D eigenvalue weighted by Gasteiger charge is -2.22. The van der Waals surface area contributed by atoms with Crippen LogP contribution >= 0.6 is 0 Å². The molecule has 0 bridgehead atoms. The molecule has 0 saturated carbocycles. The highest BCUT2D eigenvalue weighted by Crippen LogP contribution is 2.05. The van der Waals surface area contributed by atoms with Crippen molar-refractivity contribution in [2.75, 3.05) is 13.2 Å². The average molecular weight is 141 g/mol. The minimum absolute atomic E-state index is 0.0719. The number of carbonyl (C=O) groups is 1. The normalized spacial score (nSPS) is 17.8. The van der Waals surface area contributed by atoms with Crippen LogP contribution in [0.2, 0.25) is 0 Å². The molecule has 0 unspecified atom stereocenters. The van der Waals surface area contributed by atoms with E-state index >= 15 is 0 Å². The zero-order chi connectivity index (χ0) is 7.56. The smallest absolute Gasteiger partial charge is 0.223 e. The summed E-state index contributed by atoms with van der Waals surface area (Å²) in [5, 5.41) is 0. The Balaban J connectivity index is 2.62. The quantitative estimate of drug-likeness (QED) is 0.497. The van der Waals surface area contributed by atoms with Crippen LogP contribution in [0.15, 0.2) is 12.0 Å². The van der Waals surface area contributed by atoms with E-state index in [2.05, 4.69) is 0 Å². The number of carbonyl (C=O) groups excluding carboxylic acids is 1. The minimum Gasteiger partial charge on any atom is -0.495 e. The first kappa shape index (κ1) is 7.12. The molecule has 0 spiro atoms. The summed E-state index contributed by atoms with van der Waals surface area (Å²) in [5.74, 6) is 0.879. The number of hydrogen-bond acceptors (Lipinski definition) is 2. The molecule has 1 rings (SSSR count). The van der Waals surface area contributed by atoms with Gasteiger partial charge in [0.1, 0.15) is 12.4 Å². The van der Waals surface area contributed by atoms with Gasteiger partial charge in [-0.15, -0.1) is 0 Å². The van der Waals surface area contributed by atoms with E-state index in [1.54, 1.807) is 18.0 Å².